The second kappa shape index (κ2) is 13.0. The molecule has 15 nitrogen and oxygen atoms in total. The summed E-state index contributed by atoms with van der Waals surface area (Å²) in [5.74, 6) is -6.38. The third kappa shape index (κ3) is 8.29. The average Bonchev–Trinajstić information content (AvgIpc) is 3.24. The van der Waals surface area contributed by atoms with Gasteiger partial charge in [0, 0.05) is 23.5 Å². The van der Waals surface area contributed by atoms with Crippen LogP contribution in [0.2, 0.25) is 0 Å². The van der Waals surface area contributed by atoms with E-state index in [1.807, 2.05) is 0 Å². The number of amides is 5. The first-order valence-corrected chi connectivity index (χ1v) is 11.0. The number of nitrogens with one attached hydrogen (secondary N) is 4. The Kier molecular flexibility index (Phi) is 10.1. The van der Waals surface area contributed by atoms with Crippen LogP contribution in [-0.4, -0.2) is 81.5 Å². The fourth-order valence-electron chi connectivity index (χ4n) is 3.45. The number of aliphatic hydroxyl groups is 1. The maximum atomic E-state index is 13.1. The van der Waals surface area contributed by atoms with Gasteiger partial charge in [-0.15, -0.1) is 0 Å². The number of rotatable bonds is 14. The van der Waals surface area contributed by atoms with Crippen molar-refractivity contribution in [3.05, 3.63) is 36.0 Å². The molecule has 4 atom stereocenters. The van der Waals surface area contributed by atoms with Gasteiger partial charge in [0.15, 0.2) is 0 Å². The molecule has 0 saturated carbocycles. The number of benzene rings is 1. The van der Waals surface area contributed by atoms with E-state index < -0.39 is 79.1 Å². The number of hydrogen-bond donors (Lipinski definition) is 9. The monoisotopic (exact) mass is 519 g/mol. The molecule has 0 saturated heterocycles. The van der Waals surface area contributed by atoms with Crippen molar-refractivity contribution in [2.45, 2.75) is 43.4 Å². The summed E-state index contributed by atoms with van der Waals surface area (Å²) in [7, 11) is 0. The van der Waals surface area contributed by atoms with E-state index in [0.717, 1.165) is 10.9 Å². The van der Waals surface area contributed by atoms with E-state index in [9.17, 15) is 33.9 Å². The Hall–Kier alpha value is -4.50. The Balaban J connectivity index is 2.34. The molecule has 0 radical (unpaired) electrons. The van der Waals surface area contributed by atoms with Gasteiger partial charge in [0.2, 0.25) is 29.5 Å². The van der Waals surface area contributed by atoms with Crippen molar-refractivity contribution in [3.63, 3.8) is 0 Å². The maximum absolute atomic E-state index is 13.1. The molecule has 1 heterocycles. The number of aliphatic carboxylic acids is 1. The summed E-state index contributed by atoms with van der Waals surface area (Å²) in [6.45, 7) is -0.737. The van der Waals surface area contributed by atoms with E-state index >= 15 is 0 Å². The lowest BCUT2D eigenvalue weighted by Gasteiger charge is -2.24. The quantitative estimate of drug-likeness (QED) is 0.119. The summed E-state index contributed by atoms with van der Waals surface area (Å²) in [4.78, 5) is 75.4. The molecule has 0 aliphatic heterocycles. The van der Waals surface area contributed by atoms with Gasteiger partial charge >= 0.3 is 5.97 Å². The molecule has 0 fully saturated rings. The van der Waals surface area contributed by atoms with E-state index in [0.29, 0.717) is 5.56 Å². The fraction of sp³-hybridized carbons (Fsp3) is 0.364. The van der Waals surface area contributed by atoms with Crippen molar-refractivity contribution in [1.29, 1.82) is 0 Å². The molecule has 0 aliphatic carbocycles. The SMILES string of the molecule is NC(=O)CC(NC(=O)C(Cc1c[nH]c2ccccc12)NC(=O)C(CC(N)=O)NC(=O)C(N)CO)C(=O)O. The molecule has 0 spiro atoms. The predicted molar refractivity (Wildman–Crippen MR) is 128 cm³/mol. The molecular formula is C22H29N7O8. The minimum absolute atomic E-state index is 0.141. The number of aliphatic hydroxyl groups excluding tert-OH is 1. The first kappa shape index (κ1) is 28.7. The molecule has 0 bridgehead atoms. The second-order valence-electron chi connectivity index (χ2n) is 8.22. The summed E-state index contributed by atoms with van der Waals surface area (Å²) < 4.78 is 0. The van der Waals surface area contributed by atoms with Gasteiger partial charge in [-0.2, -0.15) is 0 Å². The summed E-state index contributed by atoms with van der Waals surface area (Å²) in [6, 6.07) is 1.05. The van der Waals surface area contributed by atoms with E-state index in [2.05, 4.69) is 20.9 Å². The normalized spacial score (nSPS) is 14.1. The van der Waals surface area contributed by atoms with Gasteiger partial charge in [-0.1, -0.05) is 18.2 Å². The Morgan fingerprint density at radius 3 is 1.97 bits per heavy atom. The lowest BCUT2D eigenvalue weighted by molar-refractivity contribution is -0.143. The zero-order valence-electron chi connectivity index (χ0n) is 19.6. The molecule has 1 aromatic heterocycles. The summed E-state index contributed by atoms with van der Waals surface area (Å²) in [6.07, 6.45) is 0.0980. The highest BCUT2D eigenvalue weighted by Gasteiger charge is 2.32. The number of nitrogens with two attached hydrogens (primary N) is 3. The number of carboxylic acids is 1. The average molecular weight is 520 g/mol. The first-order chi connectivity index (χ1) is 17.4. The van der Waals surface area contributed by atoms with Crippen LogP contribution in [0.15, 0.2) is 30.5 Å². The van der Waals surface area contributed by atoms with Crippen molar-refractivity contribution < 1.29 is 39.0 Å². The van der Waals surface area contributed by atoms with Crippen LogP contribution in [-0.2, 0) is 35.2 Å². The Bertz CT molecular complexity index is 1180. The van der Waals surface area contributed by atoms with Crippen LogP contribution in [0, 0.1) is 0 Å². The van der Waals surface area contributed by atoms with E-state index in [4.69, 9.17) is 22.3 Å². The first-order valence-electron chi connectivity index (χ1n) is 11.0. The van der Waals surface area contributed by atoms with Crippen molar-refractivity contribution in [2.75, 3.05) is 6.61 Å². The lowest BCUT2D eigenvalue weighted by Crippen LogP contribution is -2.58. The van der Waals surface area contributed by atoms with E-state index in [-0.39, 0.29) is 6.42 Å². The van der Waals surface area contributed by atoms with Crippen LogP contribution in [0.4, 0.5) is 0 Å². The van der Waals surface area contributed by atoms with Crippen molar-refractivity contribution in [2.24, 2.45) is 17.2 Å². The molecule has 5 amide bonds. The third-order valence-electron chi connectivity index (χ3n) is 5.32. The summed E-state index contributed by atoms with van der Waals surface area (Å²) >= 11 is 0. The van der Waals surface area contributed by atoms with Crippen molar-refractivity contribution in [3.8, 4) is 0 Å². The molecule has 12 N–H and O–H groups in total. The van der Waals surface area contributed by atoms with E-state index in [1.165, 1.54) is 0 Å². The van der Waals surface area contributed by atoms with Crippen LogP contribution >= 0.6 is 0 Å². The van der Waals surface area contributed by atoms with Gasteiger partial charge in [-0.3, -0.25) is 24.0 Å². The largest absolute Gasteiger partial charge is 0.480 e. The van der Waals surface area contributed by atoms with Crippen LogP contribution in [0.1, 0.15) is 18.4 Å². The van der Waals surface area contributed by atoms with Crippen molar-refractivity contribution >= 4 is 46.4 Å². The number of fused-ring (bicyclic) bond motifs is 1. The molecule has 1 aromatic carbocycles. The predicted octanol–water partition coefficient (Wildman–Crippen LogP) is -3.68. The third-order valence-corrected chi connectivity index (χ3v) is 5.32. The van der Waals surface area contributed by atoms with Gasteiger partial charge in [0.05, 0.1) is 19.4 Å². The van der Waals surface area contributed by atoms with Gasteiger partial charge in [0.1, 0.15) is 24.2 Å². The number of hydrogen-bond acceptors (Lipinski definition) is 8. The molecular weight excluding hydrogens is 490 g/mol. The number of aromatic amines is 1. The van der Waals surface area contributed by atoms with Crippen LogP contribution < -0.4 is 33.2 Å². The van der Waals surface area contributed by atoms with Crippen molar-refractivity contribution in [1.82, 2.24) is 20.9 Å². The van der Waals surface area contributed by atoms with Crippen LogP contribution in [0.25, 0.3) is 10.9 Å². The highest BCUT2D eigenvalue weighted by Crippen LogP contribution is 2.19. The number of primary amides is 2. The topological polar surface area (TPSA) is 273 Å². The number of para-hydroxylation sites is 1. The zero-order valence-corrected chi connectivity index (χ0v) is 19.6. The number of carboxylic acid groups (broad SMARTS) is 1. The fourth-order valence-corrected chi connectivity index (χ4v) is 3.45. The summed E-state index contributed by atoms with van der Waals surface area (Å²) in [5.41, 5.74) is 17.0. The Morgan fingerprint density at radius 2 is 1.38 bits per heavy atom. The van der Waals surface area contributed by atoms with E-state index in [1.54, 1.807) is 30.5 Å². The highest BCUT2D eigenvalue weighted by molar-refractivity contribution is 5.97. The molecule has 4 unspecified atom stereocenters. The van der Waals surface area contributed by atoms with Gasteiger partial charge in [-0.05, 0) is 11.6 Å². The van der Waals surface area contributed by atoms with Gasteiger partial charge in [0.25, 0.3) is 0 Å². The van der Waals surface area contributed by atoms with Crippen LogP contribution in [0.3, 0.4) is 0 Å². The molecule has 200 valence electrons. The maximum Gasteiger partial charge on any atom is 0.326 e. The number of carbonyl (C=O) groups excluding carboxylic acids is 5. The number of H-pyrrole nitrogens is 1. The van der Waals surface area contributed by atoms with Gasteiger partial charge < -0.3 is 48.3 Å². The lowest BCUT2D eigenvalue weighted by atomic mass is 10.0. The molecule has 15 heteroatoms. The standard InChI is InChI=1S/C22H29N7O8/c23-12(9-30)19(33)27-15(6-17(24)31)21(35)28-14(20(34)29-16(22(36)37)7-18(25)32)5-10-8-26-13-4-2-1-3-11(10)13/h1-4,8,12,14-16,26,30H,5-7,9,23H2,(H2,24,31)(H2,25,32)(H,27,33)(H,28,35)(H,29,34)(H,36,37). The molecule has 2 aromatic rings. The number of aromatic nitrogens is 1. The minimum Gasteiger partial charge on any atom is -0.480 e. The zero-order chi connectivity index (χ0) is 27.7. The molecule has 0 aliphatic rings. The molecule has 2 rings (SSSR count). The van der Waals surface area contributed by atoms with Crippen LogP contribution in [0.5, 0.6) is 0 Å². The summed E-state index contributed by atoms with van der Waals surface area (Å²) in [5, 5.41) is 25.9. The Morgan fingerprint density at radius 1 is 0.838 bits per heavy atom. The highest BCUT2D eigenvalue weighted by atomic mass is 16.4. The Labute approximate surface area is 210 Å². The molecule has 37 heavy (non-hydrogen) atoms. The smallest absolute Gasteiger partial charge is 0.326 e. The second-order valence-corrected chi connectivity index (χ2v) is 8.22. The number of carbonyl (C=O) groups is 6. The van der Waals surface area contributed by atoms with Gasteiger partial charge in [-0.25, -0.2) is 4.79 Å². The minimum atomic E-state index is -1.67.